The Morgan fingerprint density at radius 2 is 1.71 bits per heavy atom. The smallest absolute Gasteiger partial charge is 0.144 e. The van der Waals surface area contributed by atoms with Crippen molar-refractivity contribution in [1.82, 2.24) is 0 Å². The molecule has 0 bridgehead atoms. The van der Waals surface area contributed by atoms with Gasteiger partial charge in [0.15, 0.2) is 0 Å². The first kappa shape index (κ1) is 11.1. The summed E-state index contributed by atoms with van der Waals surface area (Å²) < 4.78 is 38.3. The van der Waals surface area contributed by atoms with Gasteiger partial charge in [0.1, 0.15) is 17.5 Å². The van der Waals surface area contributed by atoms with E-state index in [1.807, 2.05) is 0 Å². The van der Waals surface area contributed by atoms with Crippen LogP contribution in [-0.4, -0.2) is 5.33 Å². The lowest BCUT2D eigenvalue weighted by atomic mass is 10.2. The summed E-state index contributed by atoms with van der Waals surface area (Å²) in [6.07, 6.45) is 0.482. The van der Waals surface area contributed by atoms with E-state index in [2.05, 4.69) is 27.8 Å². The summed E-state index contributed by atoms with van der Waals surface area (Å²) in [5, 5.41) is 0.629. The highest BCUT2D eigenvalue weighted by atomic mass is 79.9. The van der Waals surface area contributed by atoms with Gasteiger partial charge in [-0.05, 0) is 0 Å². The molecule has 0 N–H and O–H groups in total. The van der Waals surface area contributed by atoms with Gasteiger partial charge < -0.3 is 0 Å². The van der Waals surface area contributed by atoms with Crippen LogP contribution in [0.3, 0.4) is 0 Å². The van der Waals surface area contributed by atoms with Crippen molar-refractivity contribution in [3.8, 4) is 11.8 Å². The van der Waals surface area contributed by atoms with E-state index in [0.717, 1.165) is 0 Å². The average Bonchev–Trinajstić information content (AvgIpc) is 2.09. The van der Waals surface area contributed by atoms with Gasteiger partial charge in [-0.2, -0.15) is 0 Å². The third-order valence-corrected chi connectivity index (χ3v) is 1.84. The molecule has 0 nitrogen and oxygen atoms in total. The van der Waals surface area contributed by atoms with Crippen molar-refractivity contribution < 1.29 is 13.2 Å². The van der Waals surface area contributed by atoms with Gasteiger partial charge in [-0.25, -0.2) is 13.2 Å². The molecule has 0 amide bonds. The van der Waals surface area contributed by atoms with Crippen LogP contribution in [0.25, 0.3) is 0 Å². The summed E-state index contributed by atoms with van der Waals surface area (Å²) in [5.41, 5.74) is -0.382. The van der Waals surface area contributed by atoms with Crippen molar-refractivity contribution >= 4 is 15.9 Å². The Kier molecular flexibility index (Phi) is 4.02. The van der Waals surface area contributed by atoms with Crippen LogP contribution in [0, 0.1) is 29.3 Å². The molecule has 1 aromatic rings. The van der Waals surface area contributed by atoms with E-state index in [0.29, 0.717) is 23.9 Å². The van der Waals surface area contributed by atoms with Gasteiger partial charge >= 0.3 is 0 Å². The van der Waals surface area contributed by atoms with Gasteiger partial charge in [0.05, 0.1) is 5.56 Å². The van der Waals surface area contributed by atoms with Crippen LogP contribution in [-0.2, 0) is 0 Å². The van der Waals surface area contributed by atoms with Gasteiger partial charge in [-0.1, -0.05) is 27.8 Å². The Morgan fingerprint density at radius 1 is 1.14 bits per heavy atom. The predicted octanol–water partition coefficient (Wildman–Crippen LogP) is 3.24. The number of rotatable bonds is 1. The van der Waals surface area contributed by atoms with E-state index in [9.17, 15) is 13.2 Å². The largest absolute Gasteiger partial charge is 0.207 e. The highest BCUT2D eigenvalue weighted by molar-refractivity contribution is 9.09. The third-order valence-electron chi connectivity index (χ3n) is 1.44. The Morgan fingerprint density at radius 3 is 2.21 bits per heavy atom. The molecule has 1 aromatic carbocycles. The van der Waals surface area contributed by atoms with Gasteiger partial charge in [0, 0.05) is 23.9 Å². The fraction of sp³-hybridized carbons (Fsp3) is 0.200. The van der Waals surface area contributed by atoms with Crippen molar-refractivity contribution in [2.45, 2.75) is 6.42 Å². The van der Waals surface area contributed by atoms with E-state index in [-0.39, 0.29) is 5.56 Å². The van der Waals surface area contributed by atoms with Crippen LogP contribution in [0.15, 0.2) is 12.1 Å². The molecule has 0 aliphatic carbocycles. The Hall–Kier alpha value is -0.950. The van der Waals surface area contributed by atoms with Gasteiger partial charge in [-0.3, -0.25) is 0 Å². The number of hydrogen-bond donors (Lipinski definition) is 0. The van der Waals surface area contributed by atoms with Crippen LogP contribution < -0.4 is 0 Å². The van der Waals surface area contributed by atoms with Crippen LogP contribution in [0.2, 0.25) is 0 Å². The molecule has 1 rings (SSSR count). The number of halogens is 4. The molecule has 0 saturated carbocycles. The summed E-state index contributed by atoms with van der Waals surface area (Å²) in [4.78, 5) is 0. The molecule has 74 valence electrons. The van der Waals surface area contributed by atoms with E-state index in [4.69, 9.17) is 0 Å². The SMILES string of the molecule is Fc1cc(F)c(C#CCCBr)c(F)c1. The second-order valence-electron chi connectivity index (χ2n) is 2.49. The van der Waals surface area contributed by atoms with E-state index in [1.165, 1.54) is 0 Å². The second-order valence-corrected chi connectivity index (χ2v) is 3.28. The molecule has 0 aromatic heterocycles. The lowest BCUT2D eigenvalue weighted by Crippen LogP contribution is -1.92. The van der Waals surface area contributed by atoms with Crippen LogP contribution >= 0.6 is 15.9 Å². The first-order valence-electron chi connectivity index (χ1n) is 3.84. The van der Waals surface area contributed by atoms with Gasteiger partial charge in [0.25, 0.3) is 0 Å². The molecule has 0 atom stereocenters. The van der Waals surface area contributed by atoms with Crippen molar-refractivity contribution in [2.75, 3.05) is 5.33 Å². The minimum absolute atomic E-state index is 0.382. The van der Waals surface area contributed by atoms with E-state index in [1.54, 1.807) is 0 Å². The van der Waals surface area contributed by atoms with Crippen molar-refractivity contribution in [2.24, 2.45) is 0 Å². The van der Waals surface area contributed by atoms with Crippen LogP contribution in [0.5, 0.6) is 0 Å². The molecular weight excluding hydrogens is 257 g/mol. The highest BCUT2D eigenvalue weighted by Gasteiger charge is 2.08. The average molecular weight is 263 g/mol. The maximum atomic E-state index is 12.9. The topological polar surface area (TPSA) is 0 Å². The van der Waals surface area contributed by atoms with Crippen molar-refractivity contribution in [3.63, 3.8) is 0 Å². The lowest BCUT2D eigenvalue weighted by molar-refractivity contribution is 0.539. The second kappa shape index (κ2) is 5.06. The molecule has 0 spiro atoms. The molecular formula is C10H6BrF3. The fourth-order valence-electron chi connectivity index (χ4n) is 0.860. The molecule has 14 heavy (non-hydrogen) atoms. The standard InChI is InChI=1S/C10H6BrF3/c11-4-2-1-3-8-9(13)5-7(12)6-10(8)14/h5-6H,2,4H2. The van der Waals surface area contributed by atoms with Gasteiger partial charge in [0.2, 0.25) is 0 Å². The Balaban J connectivity index is 3.04. The molecule has 0 aliphatic rings. The minimum atomic E-state index is -0.968. The maximum Gasteiger partial charge on any atom is 0.144 e. The van der Waals surface area contributed by atoms with Crippen LogP contribution in [0.1, 0.15) is 12.0 Å². The summed E-state index contributed by atoms with van der Waals surface area (Å²) in [6.45, 7) is 0. The van der Waals surface area contributed by atoms with Crippen molar-refractivity contribution in [1.29, 1.82) is 0 Å². The molecule has 0 saturated heterocycles. The van der Waals surface area contributed by atoms with E-state index < -0.39 is 17.5 Å². The van der Waals surface area contributed by atoms with Crippen molar-refractivity contribution in [3.05, 3.63) is 35.1 Å². The lowest BCUT2D eigenvalue weighted by Gasteiger charge is -1.96. The Labute approximate surface area is 88.3 Å². The molecule has 0 unspecified atom stereocenters. The fourth-order valence-corrected chi connectivity index (χ4v) is 1.06. The molecule has 4 heteroatoms. The number of hydrogen-bond acceptors (Lipinski definition) is 0. The summed E-state index contributed by atoms with van der Waals surface area (Å²) in [5.74, 6) is 1.99. The third kappa shape index (κ3) is 2.78. The number of alkyl halides is 1. The zero-order chi connectivity index (χ0) is 10.6. The predicted molar refractivity (Wildman–Crippen MR) is 51.6 cm³/mol. The zero-order valence-corrected chi connectivity index (χ0v) is 8.67. The Bertz CT molecular complexity index is 367. The van der Waals surface area contributed by atoms with E-state index >= 15 is 0 Å². The molecule has 0 aliphatic heterocycles. The molecule has 0 fully saturated rings. The van der Waals surface area contributed by atoms with Crippen LogP contribution in [0.4, 0.5) is 13.2 Å². The first-order chi connectivity index (χ1) is 6.65. The van der Waals surface area contributed by atoms with Gasteiger partial charge in [-0.15, -0.1) is 0 Å². The zero-order valence-electron chi connectivity index (χ0n) is 7.08. The maximum absolute atomic E-state index is 12.9. The monoisotopic (exact) mass is 262 g/mol. The summed E-state index contributed by atoms with van der Waals surface area (Å²) >= 11 is 3.12. The quantitative estimate of drug-likeness (QED) is 0.539. The normalized spacial score (nSPS) is 9.43. The highest BCUT2D eigenvalue weighted by Crippen LogP contribution is 2.13. The minimum Gasteiger partial charge on any atom is -0.207 e. The first-order valence-corrected chi connectivity index (χ1v) is 4.96. The molecule has 0 heterocycles. The summed E-state index contributed by atoms with van der Waals surface area (Å²) in [6, 6.07) is 1.22. The number of benzene rings is 1. The molecule has 0 radical (unpaired) electrons. The summed E-state index contributed by atoms with van der Waals surface area (Å²) in [7, 11) is 0.